The normalized spacial score (nSPS) is 13.7. The maximum Gasteiger partial charge on any atom is 0.573 e. The number of nitrogens with zero attached hydrogens (tertiary/aromatic N) is 1. The van der Waals surface area contributed by atoms with Crippen molar-refractivity contribution in [3.05, 3.63) is 65.7 Å². The van der Waals surface area contributed by atoms with Gasteiger partial charge in [-0.1, -0.05) is 12.1 Å². The first kappa shape index (κ1) is 21.7. The second-order valence-corrected chi connectivity index (χ2v) is 7.51. The van der Waals surface area contributed by atoms with E-state index in [0.29, 0.717) is 40.8 Å². The fraction of sp³-hybridized carbons (Fsp3) is 0.304. The summed E-state index contributed by atoms with van der Waals surface area (Å²) in [7, 11) is 0. The lowest BCUT2D eigenvalue weighted by Gasteiger charge is -2.12. The third-order valence-corrected chi connectivity index (χ3v) is 4.96. The molecule has 6 nitrogen and oxygen atoms in total. The third kappa shape index (κ3) is 5.81. The van der Waals surface area contributed by atoms with Crippen molar-refractivity contribution in [2.45, 2.75) is 38.0 Å². The number of aromatic nitrogens is 1. The number of hydrogen-bond donors (Lipinski definition) is 1. The van der Waals surface area contributed by atoms with Gasteiger partial charge in [-0.25, -0.2) is 4.98 Å². The summed E-state index contributed by atoms with van der Waals surface area (Å²) >= 11 is 0. The van der Waals surface area contributed by atoms with E-state index in [4.69, 9.17) is 14.3 Å². The highest BCUT2D eigenvalue weighted by atomic mass is 19.4. The Hall–Kier alpha value is -3.49. The summed E-state index contributed by atoms with van der Waals surface area (Å²) < 4.78 is 52.1. The van der Waals surface area contributed by atoms with Crippen molar-refractivity contribution >= 4 is 5.97 Å². The minimum absolute atomic E-state index is 0.0722. The van der Waals surface area contributed by atoms with Gasteiger partial charge in [0.15, 0.2) is 5.89 Å². The van der Waals surface area contributed by atoms with E-state index in [1.165, 1.54) is 30.5 Å². The Labute approximate surface area is 181 Å². The maximum atomic E-state index is 12.3. The van der Waals surface area contributed by atoms with Crippen molar-refractivity contribution in [3.63, 3.8) is 0 Å². The van der Waals surface area contributed by atoms with E-state index in [-0.39, 0.29) is 18.8 Å². The van der Waals surface area contributed by atoms with Gasteiger partial charge in [-0.15, -0.1) is 13.2 Å². The monoisotopic (exact) mass is 447 g/mol. The summed E-state index contributed by atoms with van der Waals surface area (Å²) in [5.74, 6) is 0.334. The van der Waals surface area contributed by atoms with Gasteiger partial charge < -0.3 is 19.0 Å². The van der Waals surface area contributed by atoms with E-state index in [1.807, 2.05) is 12.1 Å². The minimum Gasteiger partial charge on any atom is -0.493 e. The molecule has 0 radical (unpaired) electrons. The van der Waals surface area contributed by atoms with Crippen molar-refractivity contribution in [2.24, 2.45) is 0 Å². The number of alkyl halides is 3. The molecule has 32 heavy (non-hydrogen) atoms. The molecule has 1 heterocycles. The first-order valence-corrected chi connectivity index (χ1v) is 10.0. The zero-order valence-electron chi connectivity index (χ0n) is 16.9. The topological polar surface area (TPSA) is 81.8 Å². The van der Waals surface area contributed by atoms with Gasteiger partial charge in [0.05, 0.1) is 19.4 Å². The molecule has 2 aromatic carbocycles. The van der Waals surface area contributed by atoms with Crippen LogP contribution in [0, 0.1) is 0 Å². The molecule has 1 fully saturated rings. The van der Waals surface area contributed by atoms with Crippen LogP contribution in [0.1, 0.15) is 35.8 Å². The van der Waals surface area contributed by atoms with Crippen LogP contribution < -0.4 is 9.47 Å². The Balaban J connectivity index is 1.37. The Morgan fingerprint density at radius 1 is 1.16 bits per heavy atom. The van der Waals surface area contributed by atoms with Crippen molar-refractivity contribution in [1.29, 1.82) is 0 Å². The van der Waals surface area contributed by atoms with Gasteiger partial charge in [-0.3, -0.25) is 4.79 Å². The molecule has 1 aliphatic rings. The van der Waals surface area contributed by atoms with Crippen LogP contribution in [0.4, 0.5) is 13.2 Å². The molecular weight excluding hydrogens is 427 g/mol. The predicted octanol–water partition coefficient (Wildman–Crippen LogP) is 5.37. The lowest BCUT2D eigenvalue weighted by atomic mass is 10.0. The summed E-state index contributed by atoms with van der Waals surface area (Å²) in [6.45, 7) is 0.286. The lowest BCUT2D eigenvalue weighted by molar-refractivity contribution is -0.274. The quantitative estimate of drug-likeness (QED) is 0.475. The fourth-order valence-corrected chi connectivity index (χ4v) is 3.35. The number of carboxylic acids is 1. The minimum atomic E-state index is -4.74. The molecule has 0 saturated heterocycles. The van der Waals surface area contributed by atoms with Gasteiger partial charge in [0.2, 0.25) is 0 Å². The first-order valence-electron chi connectivity index (χ1n) is 10.0. The van der Waals surface area contributed by atoms with Gasteiger partial charge in [-0.2, -0.15) is 0 Å². The smallest absolute Gasteiger partial charge is 0.493 e. The first-order chi connectivity index (χ1) is 15.3. The number of halogens is 3. The van der Waals surface area contributed by atoms with E-state index in [9.17, 15) is 18.0 Å². The van der Waals surface area contributed by atoms with E-state index >= 15 is 0 Å². The van der Waals surface area contributed by atoms with Gasteiger partial charge in [0.25, 0.3) is 0 Å². The maximum absolute atomic E-state index is 12.3. The number of carboxylic acid groups (broad SMARTS) is 1. The molecule has 0 bridgehead atoms. The van der Waals surface area contributed by atoms with Crippen LogP contribution in [-0.4, -0.2) is 29.0 Å². The van der Waals surface area contributed by atoms with E-state index in [1.54, 1.807) is 6.07 Å². The summed E-state index contributed by atoms with van der Waals surface area (Å²) in [5.41, 5.74) is 2.83. The standard InChI is InChI=1S/C23H20F3NO5/c24-23(25,26)32-17-6-4-16(5-7-17)19-13-31-21(27-19)9-10-30-20-11-14(12-22(28)29)1-8-18(20)15-2-3-15/h1,4-8,11,13,15H,2-3,9-10,12H2,(H,28,29). The largest absolute Gasteiger partial charge is 0.573 e. The molecule has 0 unspecified atom stereocenters. The predicted molar refractivity (Wildman–Crippen MR) is 108 cm³/mol. The van der Waals surface area contributed by atoms with Crippen molar-refractivity contribution in [3.8, 4) is 22.8 Å². The van der Waals surface area contributed by atoms with Gasteiger partial charge in [0.1, 0.15) is 23.5 Å². The van der Waals surface area contributed by atoms with Gasteiger partial charge in [-0.05, 0) is 60.2 Å². The van der Waals surface area contributed by atoms with Crippen LogP contribution in [0.2, 0.25) is 0 Å². The molecule has 9 heteroatoms. The lowest BCUT2D eigenvalue weighted by Crippen LogP contribution is -2.16. The molecule has 1 aliphatic carbocycles. The molecule has 0 amide bonds. The average Bonchev–Trinajstić information content (AvgIpc) is 3.45. The molecular formula is C23H20F3NO5. The zero-order chi connectivity index (χ0) is 22.7. The zero-order valence-corrected chi connectivity index (χ0v) is 16.9. The van der Waals surface area contributed by atoms with E-state index in [0.717, 1.165) is 18.4 Å². The second-order valence-electron chi connectivity index (χ2n) is 7.51. The van der Waals surface area contributed by atoms with E-state index in [2.05, 4.69) is 9.72 Å². The molecule has 1 N–H and O–H groups in total. The fourth-order valence-electron chi connectivity index (χ4n) is 3.35. The highest BCUT2D eigenvalue weighted by Gasteiger charge is 2.31. The third-order valence-electron chi connectivity index (χ3n) is 4.96. The number of ether oxygens (including phenoxy) is 2. The van der Waals surface area contributed by atoms with Crippen LogP contribution in [0.3, 0.4) is 0 Å². The number of hydrogen-bond acceptors (Lipinski definition) is 5. The molecule has 0 aliphatic heterocycles. The summed E-state index contributed by atoms with van der Waals surface area (Å²) in [6.07, 6.45) is -0.831. The molecule has 4 rings (SSSR count). The molecule has 168 valence electrons. The van der Waals surface area contributed by atoms with Crippen LogP contribution in [0.5, 0.6) is 11.5 Å². The molecule has 1 saturated carbocycles. The molecule has 0 spiro atoms. The number of benzene rings is 2. The van der Waals surface area contributed by atoms with Gasteiger partial charge >= 0.3 is 12.3 Å². The number of oxazole rings is 1. The molecule has 1 aromatic heterocycles. The summed E-state index contributed by atoms with van der Waals surface area (Å²) in [4.78, 5) is 15.3. The molecule has 0 atom stereocenters. The van der Waals surface area contributed by atoms with E-state index < -0.39 is 12.3 Å². The number of rotatable bonds is 9. The van der Waals surface area contributed by atoms with Crippen LogP contribution in [-0.2, 0) is 17.6 Å². The highest BCUT2D eigenvalue weighted by molar-refractivity contribution is 5.70. The van der Waals surface area contributed by atoms with Crippen molar-refractivity contribution in [2.75, 3.05) is 6.61 Å². The van der Waals surface area contributed by atoms with Crippen LogP contribution in [0.15, 0.2) is 53.1 Å². The Kier molecular flexibility index (Phi) is 6.07. The van der Waals surface area contributed by atoms with Gasteiger partial charge in [0, 0.05) is 5.56 Å². The summed E-state index contributed by atoms with van der Waals surface area (Å²) in [6, 6.07) is 10.9. The Morgan fingerprint density at radius 2 is 1.91 bits per heavy atom. The number of aliphatic carboxylic acids is 1. The Bertz CT molecular complexity index is 1090. The van der Waals surface area contributed by atoms with Crippen molar-refractivity contribution < 1.29 is 37.0 Å². The number of carbonyl (C=O) groups is 1. The molecule has 3 aromatic rings. The average molecular weight is 447 g/mol. The van der Waals surface area contributed by atoms with Crippen LogP contribution in [0.25, 0.3) is 11.3 Å². The van der Waals surface area contributed by atoms with Crippen LogP contribution >= 0.6 is 0 Å². The van der Waals surface area contributed by atoms with Crippen molar-refractivity contribution in [1.82, 2.24) is 4.98 Å². The second kappa shape index (κ2) is 8.94. The highest BCUT2D eigenvalue weighted by Crippen LogP contribution is 2.44. The summed E-state index contributed by atoms with van der Waals surface area (Å²) in [5, 5.41) is 9.02. The SMILES string of the molecule is O=C(O)Cc1ccc(C2CC2)c(OCCc2nc(-c3ccc(OC(F)(F)F)cc3)co2)c1. The Morgan fingerprint density at radius 3 is 2.56 bits per heavy atom.